The van der Waals surface area contributed by atoms with Crippen LogP contribution in [0.1, 0.15) is 73.6 Å². The second-order valence-electron chi connectivity index (χ2n) is 8.95. The third-order valence-electron chi connectivity index (χ3n) is 5.82. The van der Waals surface area contributed by atoms with E-state index in [1.165, 1.54) is 0 Å². The number of carboxylic acid groups (broad SMARTS) is 1. The molecule has 0 aliphatic heterocycles. The molecule has 9 nitrogen and oxygen atoms in total. The molecule has 0 saturated heterocycles. The van der Waals surface area contributed by atoms with E-state index in [9.17, 15) is 4.79 Å². The summed E-state index contributed by atoms with van der Waals surface area (Å²) in [6, 6.07) is 0. The molecule has 176 valence electrons. The summed E-state index contributed by atoms with van der Waals surface area (Å²) in [5, 5.41) is 43.6. The van der Waals surface area contributed by atoms with Crippen molar-refractivity contribution in [2.24, 2.45) is 16.2 Å². The summed E-state index contributed by atoms with van der Waals surface area (Å²) in [6.45, 7) is 14.7. The smallest absolute Gasteiger partial charge is 0.303 e. The zero-order valence-electron chi connectivity index (χ0n) is 19.6. The maximum absolute atomic E-state index is 10.6. The summed E-state index contributed by atoms with van der Waals surface area (Å²) >= 11 is 0. The van der Waals surface area contributed by atoms with Gasteiger partial charge in [0.25, 0.3) is 0 Å². The van der Waals surface area contributed by atoms with Crippen molar-refractivity contribution < 1.29 is 20.3 Å². The molecule has 9 heteroatoms. The zero-order chi connectivity index (χ0) is 23.2. The van der Waals surface area contributed by atoms with Crippen molar-refractivity contribution in [3.8, 4) is 0 Å². The van der Waals surface area contributed by atoms with E-state index < -0.39 is 5.97 Å². The fourth-order valence-corrected chi connectivity index (χ4v) is 2.91. The number of nitrogens with one attached hydrogen (secondary N) is 3. The van der Waals surface area contributed by atoms with Crippen LogP contribution in [0.2, 0.25) is 0 Å². The second-order valence-corrected chi connectivity index (χ2v) is 8.95. The number of carboxylic acids is 1. The van der Waals surface area contributed by atoms with Crippen LogP contribution < -0.4 is 16.0 Å². The largest absolute Gasteiger partial charge is 0.481 e. The summed E-state index contributed by atoms with van der Waals surface area (Å²) in [7, 11) is 0. The first-order valence-electron chi connectivity index (χ1n) is 10.8. The maximum atomic E-state index is 10.6. The minimum Gasteiger partial charge on any atom is -0.481 e. The van der Waals surface area contributed by atoms with Crippen molar-refractivity contribution in [3.63, 3.8) is 0 Å². The van der Waals surface area contributed by atoms with Crippen LogP contribution in [0.5, 0.6) is 0 Å². The van der Waals surface area contributed by atoms with Gasteiger partial charge in [0.15, 0.2) is 0 Å². The van der Waals surface area contributed by atoms with Crippen LogP contribution in [0.3, 0.4) is 0 Å². The van der Waals surface area contributed by atoms with E-state index in [1.807, 2.05) is 27.7 Å². The Morgan fingerprint density at radius 3 is 1.67 bits per heavy atom. The number of aliphatic carboxylic acids is 1. The number of carbonyl (C=O) groups is 1. The molecule has 0 bridgehead atoms. The van der Waals surface area contributed by atoms with Gasteiger partial charge in [0.05, 0.1) is 22.5 Å². The monoisotopic (exact) mass is 429 g/mol. The Kier molecular flexibility index (Phi) is 13.5. The SMILES string of the molecule is C/C(=N\O)C(C)(C)NCCC(CCNCCCC(=O)O)CCNC(C)(C)/C(C)=N/O. The Morgan fingerprint density at radius 1 is 0.833 bits per heavy atom. The van der Waals surface area contributed by atoms with Crippen LogP contribution >= 0.6 is 0 Å². The van der Waals surface area contributed by atoms with Gasteiger partial charge in [0.2, 0.25) is 0 Å². The summed E-state index contributed by atoms with van der Waals surface area (Å²) in [5.74, 6) is -0.304. The molecule has 0 aliphatic rings. The van der Waals surface area contributed by atoms with Gasteiger partial charge in [-0.05, 0) is 99.3 Å². The van der Waals surface area contributed by atoms with Gasteiger partial charge in [-0.2, -0.15) is 0 Å². The molecule has 0 aromatic carbocycles. The Balaban J connectivity index is 4.59. The van der Waals surface area contributed by atoms with Crippen molar-refractivity contribution in [3.05, 3.63) is 0 Å². The highest BCUT2D eigenvalue weighted by atomic mass is 16.4. The van der Waals surface area contributed by atoms with E-state index in [0.717, 1.165) is 38.9 Å². The molecule has 0 aromatic heterocycles. The van der Waals surface area contributed by atoms with Gasteiger partial charge >= 0.3 is 5.97 Å². The van der Waals surface area contributed by atoms with Gasteiger partial charge in [-0.1, -0.05) is 10.3 Å². The Bertz CT molecular complexity index is 526. The Morgan fingerprint density at radius 2 is 1.27 bits per heavy atom. The second kappa shape index (κ2) is 14.3. The Hall–Kier alpha value is -1.71. The fourth-order valence-electron chi connectivity index (χ4n) is 2.91. The van der Waals surface area contributed by atoms with Gasteiger partial charge < -0.3 is 31.5 Å². The molecule has 0 aromatic rings. The lowest BCUT2D eigenvalue weighted by Gasteiger charge is -2.28. The molecule has 30 heavy (non-hydrogen) atoms. The summed E-state index contributed by atoms with van der Waals surface area (Å²) in [6.07, 6.45) is 3.73. The highest BCUT2D eigenvalue weighted by Crippen LogP contribution is 2.15. The van der Waals surface area contributed by atoms with Crippen LogP contribution in [0, 0.1) is 5.92 Å². The van der Waals surface area contributed by atoms with E-state index in [4.69, 9.17) is 15.5 Å². The number of hydrogen-bond donors (Lipinski definition) is 6. The van der Waals surface area contributed by atoms with E-state index >= 15 is 0 Å². The van der Waals surface area contributed by atoms with Crippen LogP contribution in [-0.4, -0.2) is 70.2 Å². The van der Waals surface area contributed by atoms with Crippen molar-refractivity contribution in [2.45, 2.75) is 84.7 Å². The van der Waals surface area contributed by atoms with Gasteiger partial charge in [0, 0.05) is 6.42 Å². The quantitative estimate of drug-likeness (QED) is 0.0904. The summed E-state index contributed by atoms with van der Waals surface area (Å²) < 4.78 is 0. The van der Waals surface area contributed by atoms with Crippen LogP contribution in [0.25, 0.3) is 0 Å². The van der Waals surface area contributed by atoms with E-state index in [1.54, 1.807) is 13.8 Å². The van der Waals surface area contributed by atoms with Gasteiger partial charge in [-0.15, -0.1) is 0 Å². The lowest BCUT2D eigenvalue weighted by molar-refractivity contribution is -0.137. The minimum atomic E-state index is -0.763. The molecule has 6 N–H and O–H groups in total. The highest BCUT2D eigenvalue weighted by molar-refractivity contribution is 5.90. The number of rotatable bonds is 17. The van der Waals surface area contributed by atoms with Crippen molar-refractivity contribution in [1.29, 1.82) is 0 Å². The molecule has 0 aliphatic carbocycles. The van der Waals surface area contributed by atoms with Gasteiger partial charge in [0.1, 0.15) is 0 Å². The van der Waals surface area contributed by atoms with Crippen LogP contribution in [0.4, 0.5) is 0 Å². The summed E-state index contributed by atoms with van der Waals surface area (Å²) in [5.41, 5.74) is 0.537. The van der Waals surface area contributed by atoms with E-state index in [2.05, 4.69) is 26.3 Å². The van der Waals surface area contributed by atoms with E-state index in [-0.39, 0.29) is 17.5 Å². The molecular formula is C21H43N5O4. The third-order valence-corrected chi connectivity index (χ3v) is 5.82. The van der Waals surface area contributed by atoms with Crippen LogP contribution in [-0.2, 0) is 4.79 Å². The molecule has 0 amide bonds. The highest BCUT2D eigenvalue weighted by Gasteiger charge is 2.23. The van der Waals surface area contributed by atoms with Gasteiger partial charge in [-0.25, -0.2) is 0 Å². The molecule has 0 heterocycles. The predicted octanol–water partition coefficient (Wildman–Crippen LogP) is 2.66. The van der Waals surface area contributed by atoms with Gasteiger partial charge in [-0.3, -0.25) is 4.79 Å². The van der Waals surface area contributed by atoms with Crippen molar-refractivity contribution in [2.75, 3.05) is 26.2 Å². The molecule has 0 radical (unpaired) electrons. The Labute approximate surface area is 181 Å². The minimum absolute atomic E-state index is 0.186. The molecule has 0 atom stereocenters. The molecule has 0 spiro atoms. The topological polar surface area (TPSA) is 139 Å². The lowest BCUT2D eigenvalue weighted by Crippen LogP contribution is -2.47. The predicted molar refractivity (Wildman–Crippen MR) is 121 cm³/mol. The third kappa shape index (κ3) is 12.1. The first kappa shape index (κ1) is 28.3. The molecule has 0 unspecified atom stereocenters. The maximum Gasteiger partial charge on any atom is 0.303 e. The van der Waals surface area contributed by atoms with Crippen LogP contribution in [0.15, 0.2) is 10.3 Å². The summed E-state index contributed by atoms with van der Waals surface area (Å²) in [4.78, 5) is 10.6. The van der Waals surface area contributed by atoms with Crippen molar-refractivity contribution >= 4 is 17.4 Å². The molecular weight excluding hydrogens is 386 g/mol. The lowest BCUT2D eigenvalue weighted by atomic mass is 9.94. The fraction of sp³-hybridized carbons (Fsp3) is 0.857. The zero-order valence-corrected chi connectivity index (χ0v) is 19.6. The molecule has 0 saturated carbocycles. The number of nitrogens with zero attached hydrogens (tertiary/aromatic N) is 2. The standard InChI is InChI=1S/C21H43N5O4/c1-16(25-29)20(3,4)23-14-10-18(9-13-22-12-7-8-19(27)28)11-15-24-21(5,6)17(2)26-30/h18,22-24,29-30H,7-15H2,1-6H3,(H,27,28)/b25-16+,26-17+. The normalized spacial score (nSPS) is 14.7. The average molecular weight is 430 g/mol. The first-order chi connectivity index (χ1) is 14.0. The molecule has 0 rings (SSSR count). The van der Waals surface area contributed by atoms with Crippen molar-refractivity contribution in [1.82, 2.24) is 16.0 Å². The van der Waals surface area contributed by atoms with E-state index in [0.29, 0.717) is 30.3 Å². The first-order valence-corrected chi connectivity index (χ1v) is 10.8. The number of hydrogen-bond acceptors (Lipinski definition) is 8. The number of oxime groups is 2. The average Bonchev–Trinajstić information content (AvgIpc) is 2.68. The molecule has 0 fully saturated rings.